The van der Waals surface area contributed by atoms with Crippen molar-refractivity contribution in [3.05, 3.63) is 59.4 Å². The van der Waals surface area contributed by atoms with Gasteiger partial charge in [0.15, 0.2) is 0 Å². The normalized spacial score (nSPS) is 12.3. The molecule has 0 bridgehead atoms. The molecule has 7 nitrogen and oxygen atoms in total. The van der Waals surface area contributed by atoms with Crippen LogP contribution in [0.15, 0.2) is 51.8 Å². The van der Waals surface area contributed by atoms with Gasteiger partial charge < -0.3 is 13.7 Å². The number of carbonyl (C=O) groups is 1. The Morgan fingerprint density at radius 3 is 2.58 bits per heavy atom. The van der Waals surface area contributed by atoms with Crippen LogP contribution in [0.3, 0.4) is 0 Å². The Balaban J connectivity index is 1.77. The fourth-order valence-electron chi connectivity index (χ4n) is 3.22. The molecule has 3 aromatic rings. The quantitative estimate of drug-likeness (QED) is 0.404. The van der Waals surface area contributed by atoms with Gasteiger partial charge in [0.2, 0.25) is 15.8 Å². The Labute approximate surface area is 182 Å². The minimum atomic E-state index is -3.76. The van der Waals surface area contributed by atoms with Crippen molar-refractivity contribution in [1.29, 1.82) is 0 Å². The van der Waals surface area contributed by atoms with Crippen LogP contribution in [-0.4, -0.2) is 40.9 Å². The molecule has 0 unspecified atom stereocenters. The highest BCUT2D eigenvalue weighted by Crippen LogP contribution is 2.34. The zero-order chi connectivity index (χ0) is 22.8. The van der Waals surface area contributed by atoms with Gasteiger partial charge in [0, 0.05) is 22.8 Å². The number of aryl methyl sites for hydroxylation is 1. The molecule has 2 aromatic carbocycles. The third kappa shape index (κ3) is 5.26. The highest BCUT2D eigenvalue weighted by molar-refractivity contribution is 7.89. The number of benzene rings is 2. The van der Waals surface area contributed by atoms with E-state index in [9.17, 15) is 17.8 Å². The number of fused-ring (bicyclic) bond motifs is 1. The average molecular weight is 463 g/mol. The van der Waals surface area contributed by atoms with Crippen LogP contribution in [0.4, 0.5) is 0 Å². The van der Waals surface area contributed by atoms with Crippen molar-refractivity contribution < 1.29 is 26.9 Å². The van der Waals surface area contributed by atoms with Crippen LogP contribution >= 0.6 is 7.14 Å². The molecule has 0 atom stereocenters. The fraction of sp³-hybridized carbons (Fsp3) is 0.318. The lowest BCUT2D eigenvalue weighted by Crippen LogP contribution is -2.26. The molecule has 0 saturated carbocycles. The molecular formula is C22H26NO6PS. The lowest BCUT2D eigenvalue weighted by Gasteiger charge is -2.10. The SMILES string of the molecule is CCOC(=O)c1oc2ccc(S(=O)(=O)NCCc3cccc(P(C)(C)=O)c3)cc2c1C. The maximum Gasteiger partial charge on any atom is 0.374 e. The zero-order valence-electron chi connectivity index (χ0n) is 18.0. The third-order valence-electron chi connectivity index (χ3n) is 4.92. The fourth-order valence-corrected chi connectivity index (χ4v) is 5.20. The summed E-state index contributed by atoms with van der Waals surface area (Å²) in [5.41, 5.74) is 1.86. The summed E-state index contributed by atoms with van der Waals surface area (Å²) in [4.78, 5) is 12.1. The van der Waals surface area contributed by atoms with Crippen LogP contribution in [0.25, 0.3) is 11.0 Å². The van der Waals surface area contributed by atoms with E-state index in [0.717, 1.165) is 10.9 Å². The van der Waals surface area contributed by atoms with Crippen molar-refractivity contribution in [1.82, 2.24) is 4.72 Å². The van der Waals surface area contributed by atoms with E-state index in [0.29, 0.717) is 23.0 Å². The first-order valence-electron chi connectivity index (χ1n) is 9.87. The molecule has 31 heavy (non-hydrogen) atoms. The molecule has 0 fully saturated rings. The number of ether oxygens (including phenoxy) is 1. The molecule has 1 N–H and O–H groups in total. The van der Waals surface area contributed by atoms with E-state index in [1.165, 1.54) is 18.2 Å². The maximum atomic E-state index is 12.8. The van der Waals surface area contributed by atoms with Crippen molar-refractivity contribution >= 4 is 39.4 Å². The average Bonchev–Trinajstić information content (AvgIpc) is 3.04. The van der Waals surface area contributed by atoms with Gasteiger partial charge in [0.1, 0.15) is 12.7 Å². The van der Waals surface area contributed by atoms with Gasteiger partial charge in [-0.25, -0.2) is 17.9 Å². The van der Waals surface area contributed by atoms with Crippen molar-refractivity contribution in [2.24, 2.45) is 0 Å². The van der Waals surface area contributed by atoms with E-state index in [-0.39, 0.29) is 23.8 Å². The van der Waals surface area contributed by atoms with Gasteiger partial charge in [-0.15, -0.1) is 0 Å². The smallest absolute Gasteiger partial charge is 0.374 e. The van der Waals surface area contributed by atoms with Crippen molar-refractivity contribution in [3.63, 3.8) is 0 Å². The Bertz CT molecular complexity index is 1270. The standard InChI is InChI=1S/C22H26NO6PS/c1-5-28-22(24)21-15(2)19-14-18(9-10-20(19)29-21)31(26,27)23-12-11-16-7-6-8-17(13-16)30(3,4)25/h6-10,13-14,23H,5,11-12H2,1-4H3. The Morgan fingerprint density at radius 2 is 1.90 bits per heavy atom. The molecule has 0 aliphatic carbocycles. The van der Waals surface area contributed by atoms with E-state index in [2.05, 4.69) is 4.72 Å². The van der Waals surface area contributed by atoms with Crippen LogP contribution in [0, 0.1) is 6.92 Å². The number of rotatable bonds is 8. The number of carbonyl (C=O) groups excluding carboxylic acids is 1. The molecule has 0 spiro atoms. The van der Waals surface area contributed by atoms with Gasteiger partial charge in [-0.3, -0.25) is 0 Å². The summed E-state index contributed by atoms with van der Waals surface area (Å²) in [6, 6.07) is 11.8. The minimum absolute atomic E-state index is 0.0726. The lowest BCUT2D eigenvalue weighted by molar-refractivity contribution is 0.0491. The summed E-state index contributed by atoms with van der Waals surface area (Å²) in [6.07, 6.45) is 0.465. The van der Waals surface area contributed by atoms with Gasteiger partial charge in [-0.2, -0.15) is 0 Å². The summed E-state index contributed by atoms with van der Waals surface area (Å²) in [5, 5.41) is 1.31. The van der Waals surface area contributed by atoms with Crippen LogP contribution in [0.2, 0.25) is 0 Å². The first-order valence-corrected chi connectivity index (χ1v) is 14.0. The van der Waals surface area contributed by atoms with Crippen LogP contribution in [0.1, 0.15) is 28.6 Å². The second-order valence-corrected chi connectivity index (χ2v) is 12.6. The molecule has 0 aliphatic rings. The molecule has 0 radical (unpaired) electrons. The third-order valence-corrected chi connectivity index (χ3v) is 7.90. The molecule has 3 rings (SSSR count). The highest BCUT2D eigenvalue weighted by Gasteiger charge is 2.21. The van der Waals surface area contributed by atoms with Gasteiger partial charge in [-0.05, 0) is 63.4 Å². The summed E-state index contributed by atoms with van der Waals surface area (Å²) >= 11 is 0. The van der Waals surface area contributed by atoms with Gasteiger partial charge in [0.25, 0.3) is 0 Å². The second kappa shape index (κ2) is 8.99. The first kappa shape index (κ1) is 23.3. The van der Waals surface area contributed by atoms with Crippen LogP contribution < -0.4 is 10.0 Å². The monoisotopic (exact) mass is 463 g/mol. The van der Waals surface area contributed by atoms with E-state index in [1.807, 2.05) is 24.3 Å². The Hall–Kier alpha value is -2.41. The molecule has 0 amide bonds. The number of nitrogens with one attached hydrogen (secondary N) is 1. The van der Waals surface area contributed by atoms with Crippen molar-refractivity contribution in [3.8, 4) is 0 Å². The molecular weight excluding hydrogens is 437 g/mol. The number of furan rings is 1. The topological polar surface area (TPSA) is 103 Å². The number of hydrogen-bond acceptors (Lipinski definition) is 6. The summed E-state index contributed by atoms with van der Waals surface area (Å²) in [6.45, 7) is 7.21. The van der Waals surface area contributed by atoms with Crippen molar-refractivity contribution in [2.45, 2.75) is 25.2 Å². The summed E-state index contributed by atoms with van der Waals surface area (Å²) in [5.74, 6) is -0.506. The number of esters is 1. The summed E-state index contributed by atoms with van der Waals surface area (Å²) < 4.78 is 50.9. The lowest BCUT2D eigenvalue weighted by atomic mass is 10.1. The molecule has 1 aromatic heterocycles. The van der Waals surface area contributed by atoms with E-state index in [4.69, 9.17) is 9.15 Å². The Morgan fingerprint density at radius 1 is 1.16 bits per heavy atom. The number of sulfonamides is 1. The Kier molecular flexibility index (Phi) is 6.74. The predicted octanol–water partition coefficient (Wildman–Crippen LogP) is 3.69. The zero-order valence-corrected chi connectivity index (χ0v) is 19.7. The molecule has 0 aliphatic heterocycles. The maximum absolute atomic E-state index is 12.8. The first-order chi connectivity index (χ1) is 14.5. The minimum Gasteiger partial charge on any atom is -0.460 e. The van der Waals surface area contributed by atoms with E-state index in [1.54, 1.807) is 27.2 Å². The number of hydrogen-bond donors (Lipinski definition) is 1. The van der Waals surface area contributed by atoms with Gasteiger partial charge in [0.05, 0.1) is 11.5 Å². The van der Waals surface area contributed by atoms with Gasteiger partial charge in [-0.1, -0.05) is 18.2 Å². The highest BCUT2D eigenvalue weighted by atomic mass is 32.2. The molecule has 9 heteroatoms. The molecule has 1 heterocycles. The molecule has 0 saturated heterocycles. The van der Waals surface area contributed by atoms with Gasteiger partial charge >= 0.3 is 5.97 Å². The van der Waals surface area contributed by atoms with Crippen LogP contribution in [0.5, 0.6) is 0 Å². The van der Waals surface area contributed by atoms with E-state index < -0.39 is 23.1 Å². The van der Waals surface area contributed by atoms with Crippen LogP contribution in [-0.2, 0) is 25.7 Å². The second-order valence-electron chi connectivity index (χ2n) is 7.60. The van der Waals surface area contributed by atoms with Crippen molar-refractivity contribution in [2.75, 3.05) is 26.5 Å². The molecule has 166 valence electrons. The largest absolute Gasteiger partial charge is 0.460 e. The summed E-state index contributed by atoms with van der Waals surface area (Å²) in [7, 11) is -6.14. The van der Waals surface area contributed by atoms with E-state index >= 15 is 0 Å². The predicted molar refractivity (Wildman–Crippen MR) is 121 cm³/mol.